The Kier molecular flexibility index (Phi) is 2.48. The molecule has 0 fully saturated rings. The fraction of sp³-hybridized carbons (Fsp3) is 0.600. The summed E-state index contributed by atoms with van der Waals surface area (Å²) in [5.74, 6) is -0.865. The van der Waals surface area contributed by atoms with Crippen molar-refractivity contribution in [2.24, 2.45) is 12.8 Å². The summed E-state index contributed by atoms with van der Waals surface area (Å²) in [6.07, 6.45) is 3.03. The summed E-state index contributed by atoms with van der Waals surface area (Å²) in [7, 11) is 1.83. The molecule has 5 nitrogen and oxygen atoms in total. The van der Waals surface area contributed by atoms with Crippen molar-refractivity contribution in [2.45, 2.75) is 31.7 Å². The first-order valence-corrected chi connectivity index (χ1v) is 5.11. The predicted molar refractivity (Wildman–Crippen MR) is 54.4 cm³/mol. The minimum absolute atomic E-state index is 0.0357. The number of carboxylic acids is 1. The zero-order valence-electron chi connectivity index (χ0n) is 8.73. The summed E-state index contributed by atoms with van der Waals surface area (Å²) in [5, 5.41) is 13.1. The molecule has 0 radical (unpaired) electrons. The first-order chi connectivity index (χ1) is 7.09. The van der Waals surface area contributed by atoms with Crippen LogP contribution in [0.3, 0.4) is 0 Å². The molecule has 0 bridgehead atoms. The van der Waals surface area contributed by atoms with Gasteiger partial charge in [-0.05, 0) is 24.8 Å². The fourth-order valence-electron chi connectivity index (χ4n) is 2.29. The Morgan fingerprint density at radius 2 is 2.40 bits per heavy atom. The van der Waals surface area contributed by atoms with E-state index < -0.39 is 12.0 Å². The standard InChI is InChI=1S/C10H15N3O2/c1-13-10(7(11)5-9(14)15)6-3-2-4-8(6)12-13/h7H,2-5,11H2,1H3,(H,14,15). The number of carboxylic acid groups (broad SMARTS) is 1. The number of aromatic nitrogens is 2. The number of hydrogen-bond acceptors (Lipinski definition) is 3. The highest BCUT2D eigenvalue weighted by molar-refractivity contribution is 5.67. The summed E-state index contributed by atoms with van der Waals surface area (Å²) in [5.41, 5.74) is 9.03. The number of aryl methyl sites for hydroxylation is 2. The Balaban J connectivity index is 2.31. The van der Waals surface area contributed by atoms with Gasteiger partial charge in [0.2, 0.25) is 0 Å². The van der Waals surface area contributed by atoms with Crippen LogP contribution in [-0.4, -0.2) is 20.9 Å². The molecule has 0 spiro atoms. The average Bonchev–Trinajstić information content (AvgIpc) is 2.60. The van der Waals surface area contributed by atoms with Gasteiger partial charge in [0, 0.05) is 7.05 Å². The third kappa shape index (κ3) is 1.74. The fourth-order valence-corrected chi connectivity index (χ4v) is 2.29. The molecule has 0 saturated heterocycles. The third-order valence-corrected chi connectivity index (χ3v) is 2.86. The summed E-state index contributed by atoms with van der Waals surface area (Å²) in [4.78, 5) is 10.6. The Bertz CT molecular complexity index is 398. The van der Waals surface area contributed by atoms with Crippen molar-refractivity contribution < 1.29 is 9.90 Å². The van der Waals surface area contributed by atoms with E-state index in [0.29, 0.717) is 0 Å². The van der Waals surface area contributed by atoms with Crippen LogP contribution in [0.5, 0.6) is 0 Å². The van der Waals surface area contributed by atoms with Gasteiger partial charge in [-0.3, -0.25) is 9.48 Å². The molecule has 82 valence electrons. The summed E-state index contributed by atoms with van der Waals surface area (Å²) >= 11 is 0. The highest BCUT2D eigenvalue weighted by atomic mass is 16.4. The number of nitrogens with zero attached hydrogens (tertiary/aromatic N) is 2. The van der Waals surface area contributed by atoms with Gasteiger partial charge in [-0.15, -0.1) is 0 Å². The van der Waals surface area contributed by atoms with E-state index in [1.165, 1.54) is 5.56 Å². The van der Waals surface area contributed by atoms with Gasteiger partial charge in [-0.25, -0.2) is 0 Å². The highest BCUT2D eigenvalue weighted by Gasteiger charge is 2.25. The van der Waals surface area contributed by atoms with E-state index in [9.17, 15) is 4.79 Å². The van der Waals surface area contributed by atoms with Crippen LogP contribution in [0, 0.1) is 0 Å². The average molecular weight is 209 g/mol. The maximum atomic E-state index is 10.6. The van der Waals surface area contributed by atoms with E-state index in [2.05, 4.69) is 5.10 Å². The smallest absolute Gasteiger partial charge is 0.305 e. The van der Waals surface area contributed by atoms with Crippen molar-refractivity contribution in [3.05, 3.63) is 17.0 Å². The largest absolute Gasteiger partial charge is 0.481 e. The molecule has 15 heavy (non-hydrogen) atoms. The van der Waals surface area contributed by atoms with E-state index in [1.807, 2.05) is 7.05 Å². The van der Waals surface area contributed by atoms with Crippen molar-refractivity contribution in [1.82, 2.24) is 9.78 Å². The molecule has 1 atom stereocenters. The van der Waals surface area contributed by atoms with E-state index >= 15 is 0 Å². The van der Waals surface area contributed by atoms with Crippen molar-refractivity contribution in [3.63, 3.8) is 0 Å². The predicted octanol–water partition coefficient (Wildman–Crippen LogP) is 0.383. The van der Waals surface area contributed by atoms with Gasteiger partial charge in [0.05, 0.1) is 23.9 Å². The van der Waals surface area contributed by atoms with Crippen molar-refractivity contribution in [3.8, 4) is 0 Å². The van der Waals surface area contributed by atoms with Crippen molar-refractivity contribution in [2.75, 3.05) is 0 Å². The first kappa shape index (κ1) is 10.2. The second-order valence-electron chi connectivity index (χ2n) is 3.99. The van der Waals surface area contributed by atoms with Gasteiger partial charge in [0.25, 0.3) is 0 Å². The van der Waals surface area contributed by atoms with Crippen molar-refractivity contribution in [1.29, 1.82) is 0 Å². The zero-order valence-corrected chi connectivity index (χ0v) is 8.73. The van der Waals surface area contributed by atoms with E-state index in [1.54, 1.807) is 4.68 Å². The second kappa shape index (κ2) is 3.66. The highest BCUT2D eigenvalue weighted by Crippen LogP contribution is 2.28. The molecule has 1 aromatic rings. The lowest BCUT2D eigenvalue weighted by molar-refractivity contribution is -0.137. The van der Waals surface area contributed by atoms with Crippen LogP contribution < -0.4 is 5.73 Å². The lowest BCUT2D eigenvalue weighted by Gasteiger charge is -2.11. The van der Waals surface area contributed by atoms with E-state index in [4.69, 9.17) is 10.8 Å². The summed E-state index contributed by atoms with van der Waals surface area (Å²) in [6, 6.07) is -0.443. The Morgan fingerprint density at radius 3 is 3.07 bits per heavy atom. The quantitative estimate of drug-likeness (QED) is 0.754. The molecule has 0 aromatic carbocycles. The maximum absolute atomic E-state index is 10.6. The molecule has 0 saturated carbocycles. The zero-order chi connectivity index (χ0) is 11.0. The number of aliphatic carboxylic acids is 1. The number of hydrogen-bond donors (Lipinski definition) is 2. The Labute approximate surface area is 87.9 Å². The molecule has 1 heterocycles. The summed E-state index contributed by atoms with van der Waals surface area (Å²) < 4.78 is 1.73. The molecule has 3 N–H and O–H groups in total. The second-order valence-corrected chi connectivity index (χ2v) is 3.99. The van der Waals surface area contributed by atoms with Crippen LogP contribution in [0.2, 0.25) is 0 Å². The van der Waals surface area contributed by atoms with Gasteiger partial charge in [0.15, 0.2) is 0 Å². The van der Waals surface area contributed by atoms with Crippen molar-refractivity contribution >= 4 is 5.97 Å². The van der Waals surface area contributed by atoms with E-state index in [0.717, 1.165) is 30.7 Å². The normalized spacial score (nSPS) is 16.4. The first-order valence-electron chi connectivity index (χ1n) is 5.11. The SMILES string of the molecule is Cn1nc2c(c1C(N)CC(=O)O)CCC2. The minimum atomic E-state index is -0.865. The molecule has 1 aromatic heterocycles. The number of fused-ring (bicyclic) bond motifs is 1. The van der Waals surface area contributed by atoms with Gasteiger partial charge >= 0.3 is 5.97 Å². The van der Waals surface area contributed by atoms with Crippen LogP contribution in [-0.2, 0) is 24.7 Å². The maximum Gasteiger partial charge on any atom is 0.305 e. The topological polar surface area (TPSA) is 81.1 Å². The van der Waals surface area contributed by atoms with Crippen LogP contribution in [0.25, 0.3) is 0 Å². The monoisotopic (exact) mass is 209 g/mol. The number of carbonyl (C=O) groups is 1. The number of rotatable bonds is 3. The minimum Gasteiger partial charge on any atom is -0.481 e. The molecule has 1 unspecified atom stereocenters. The Hall–Kier alpha value is -1.36. The van der Waals surface area contributed by atoms with Crippen LogP contribution >= 0.6 is 0 Å². The molecule has 0 amide bonds. The molecular weight excluding hydrogens is 194 g/mol. The lowest BCUT2D eigenvalue weighted by atomic mass is 10.1. The molecule has 1 aliphatic carbocycles. The van der Waals surface area contributed by atoms with Gasteiger partial charge in [0.1, 0.15) is 0 Å². The van der Waals surface area contributed by atoms with Gasteiger partial charge in [-0.1, -0.05) is 0 Å². The molecule has 2 rings (SSSR count). The van der Waals surface area contributed by atoms with Crippen LogP contribution in [0.15, 0.2) is 0 Å². The van der Waals surface area contributed by atoms with Gasteiger partial charge in [-0.2, -0.15) is 5.10 Å². The number of nitrogens with two attached hydrogens (primary N) is 1. The third-order valence-electron chi connectivity index (χ3n) is 2.86. The van der Waals surface area contributed by atoms with Gasteiger partial charge < -0.3 is 10.8 Å². The van der Waals surface area contributed by atoms with Crippen LogP contribution in [0.1, 0.15) is 35.8 Å². The molecule has 0 aliphatic heterocycles. The summed E-state index contributed by atoms with van der Waals surface area (Å²) in [6.45, 7) is 0. The molecule has 5 heteroatoms. The molecule has 1 aliphatic rings. The van der Waals surface area contributed by atoms with E-state index in [-0.39, 0.29) is 6.42 Å². The molecular formula is C10H15N3O2. The van der Waals surface area contributed by atoms with Crippen LogP contribution in [0.4, 0.5) is 0 Å². The lowest BCUT2D eigenvalue weighted by Crippen LogP contribution is -2.19. The Morgan fingerprint density at radius 1 is 1.67 bits per heavy atom.